The number of hydroxylamine groups is 1. The van der Waals surface area contributed by atoms with Gasteiger partial charge in [-0.1, -0.05) is 30.3 Å². The number of methoxy groups -OCH3 is 1. The molecule has 8 nitrogen and oxygen atoms in total. The Bertz CT molecular complexity index is 934. The van der Waals surface area contributed by atoms with E-state index in [0.29, 0.717) is 5.56 Å². The summed E-state index contributed by atoms with van der Waals surface area (Å²) in [6, 6.07) is 16.7. The molecule has 3 rings (SSSR count). The van der Waals surface area contributed by atoms with Crippen molar-refractivity contribution in [2.75, 3.05) is 20.4 Å². The van der Waals surface area contributed by atoms with Crippen molar-refractivity contribution in [3.8, 4) is 11.3 Å². The number of benzene rings is 2. The maximum Gasteiger partial charge on any atom is 0.251 e. The second kappa shape index (κ2) is 9.83. The molecule has 2 aromatic carbocycles. The largest absolute Gasteiger partial charge is 0.456 e. The smallest absolute Gasteiger partial charge is 0.251 e. The lowest BCUT2D eigenvalue weighted by Gasteiger charge is -2.17. The van der Waals surface area contributed by atoms with Gasteiger partial charge in [-0.2, -0.15) is 0 Å². The van der Waals surface area contributed by atoms with Crippen molar-refractivity contribution in [3.05, 3.63) is 60.2 Å². The summed E-state index contributed by atoms with van der Waals surface area (Å²) in [7, 11) is 1.45. The molecule has 2 amide bonds. The average Bonchev–Trinajstić information content (AvgIpc) is 3.19. The van der Waals surface area contributed by atoms with Crippen molar-refractivity contribution >= 4 is 22.8 Å². The Morgan fingerprint density at radius 3 is 2.59 bits per heavy atom. The van der Waals surface area contributed by atoms with Crippen molar-refractivity contribution in [2.24, 2.45) is 0 Å². The van der Waals surface area contributed by atoms with Crippen molar-refractivity contribution < 1.29 is 28.7 Å². The van der Waals surface area contributed by atoms with Gasteiger partial charge in [0.25, 0.3) is 5.91 Å². The van der Waals surface area contributed by atoms with Crippen LogP contribution >= 0.6 is 0 Å². The summed E-state index contributed by atoms with van der Waals surface area (Å²) < 4.78 is 16.0. The van der Waals surface area contributed by atoms with Gasteiger partial charge in [-0.3, -0.25) is 14.8 Å². The molecule has 0 aliphatic heterocycles. The molecular weight excluding hydrogens is 376 g/mol. The van der Waals surface area contributed by atoms with Crippen LogP contribution in [0.2, 0.25) is 0 Å². The van der Waals surface area contributed by atoms with Crippen LogP contribution in [0.25, 0.3) is 22.3 Å². The molecule has 0 bridgehead atoms. The van der Waals surface area contributed by atoms with Crippen molar-refractivity contribution in [1.29, 1.82) is 0 Å². The lowest BCUT2D eigenvalue weighted by Crippen LogP contribution is -2.37. The quantitative estimate of drug-likeness (QED) is 0.290. The zero-order valence-corrected chi connectivity index (χ0v) is 15.9. The number of furan rings is 1. The Hall–Kier alpha value is -3.20. The highest BCUT2D eigenvalue weighted by molar-refractivity contribution is 5.94. The van der Waals surface area contributed by atoms with Crippen molar-refractivity contribution in [3.63, 3.8) is 0 Å². The van der Waals surface area contributed by atoms with Gasteiger partial charge in [0.15, 0.2) is 0 Å². The first-order valence-corrected chi connectivity index (χ1v) is 9.01. The molecule has 1 heterocycles. The van der Waals surface area contributed by atoms with Gasteiger partial charge < -0.3 is 19.2 Å². The fraction of sp³-hybridized carbons (Fsp3) is 0.238. The molecule has 3 N–H and O–H groups in total. The fourth-order valence-electron chi connectivity index (χ4n) is 2.83. The Morgan fingerprint density at radius 2 is 1.90 bits per heavy atom. The normalized spacial score (nSPS) is 11.9. The van der Waals surface area contributed by atoms with Crippen molar-refractivity contribution in [2.45, 2.75) is 12.5 Å². The van der Waals surface area contributed by atoms with E-state index in [1.165, 1.54) is 7.11 Å². The van der Waals surface area contributed by atoms with Gasteiger partial charge in [-0.05, 0) is 24.3 Å². The van der Waals surface area contributed by atoms with Crippen LogP contribution in [0, 0.1) is 0 Å². The van der Waals surface area contributed by atoms with Crippen LogP contribution in [0.4, 0.5) is 0 Å². The van der Waals surface area contributed by atoms with Crippen LogP contribution in [0.5, 0.6) is 0 Å². The minimum atomic E-state index is -0.638. The first-order chi connectivity index (χ1) is 14.1. The number of hydrogen-bond acceptors (Lipinski definition) is 6. The summed E-state index contributed by atoms with van der Waals surface area (Å²) in [5.74, 6) is -0.201. The summed E-state index contributed by atoms with van der Waals surface area (Å²) in [6.07, 6.45) is -0.758. The van der Waals surface area contributed by atoms with Crippen LogP contribution < -0.4 is 10.8 Å². The number of ether oxygens (including phenoxy) is 2. The highest BCUT2D eigenvalue weighted by atomic mass is 16.7. The zero-order valence-electron chi connectivity index (χ0n) is 15.9. The van der Waals surface area contributed by atoms with E-state index < -0.39 is 12.0 Å². The van der Waals surface area contributed by atoms with Crippen LogP contribution in [-0.2, 0) is 14.3 Å². The first kappa shape index (κ1) is 20.5. The molecule has 0 radical (unpaired) electrons. The number of carbonyl (C=O) groups is 2. The summed E-state index contributed by atoms with van der Waals surface area (Å²) in [6.45, 7) is 0.0480. The number of amides is 2. The molecule has 0 aliphatic rings. The Balaban J connectivity index is 1.62. The molecular formula is C21H22N2O6. The molecule has 0 saturated heterocycles. The van der Waals surface area contributed by atoms with Gasteiger partial charge in [0, 0.05) is 30.2 Å². The molecule has 1 aromatic heterocycles. The molecule has 0 aliphatic carbocycles. The van der Waals surface area contributed by atoms with Crippen LogP contribution in [0.3, 0.4) is 0 Å². The van der Waals surface area contributed by atoms with Crippen LogP contribution in [0.15, 0.2) is 59.0 Å². The van der Waals surface area contributed by atoms with Gasteiger partial charge in [0.2, 0.25) is 5.91 Å². The van der Waals surface area contributed by atoms with E-state index in [-0.39, 0.29) is 25.7 Å². The number of rotatable bonds is 9. The third kappa shape index (κ3) is 5.41. The number of carbonyl (C=O) groups excluding carboxylic acids is 2. The SMILES string of the molecule is COCO[C@@H](CNC(=O)c1ccc(-c2cc3ccccc3o2)cc1)CC(=O)NO. The van der Waals surface area contributed by atoms with Gasteiger partial charge in [0.05, 0.1) is 12.5 Å². The number of fused-ring (bicyclic) bond motifs is 1. The number of nitrogens with one attached hydrogen (secondary N) is 2. The van der Waals surface area contributed by atoms with E-state index in [4.69, 9.17) is 19.1 Å². The predicted octanol–water partition coefficient (Wildman–Crippen LogP) is 2.71. The molecule has 3 aromatic rings. The van der Waals surface area contributed by atoms with Gasteiger partial charge in [0.1, 0.15) is 18.1 Å². The Kier molecular flexibility index (Phi) is 6.96. The second-order valence-electron chi connectivity index (χ2n) is 6.37. The van der Waals surface area contributed by atoms with Gasteiger partial charge in [-0.15, -0.1) is 0 Å². The summed E-state index contributed by atoms with van der Waals surface area (Å²) in [5.41, 5.74) is 3.67. The van der Waals surface area contributed by atoms with Crippen LogP contribution in [0.1, 0.15) is 16.8 Å². The van der Waals surface area contributed by atoms with E-state index in [0.717, 1.165) is 22.3 Å². The Morgan fingerprint density at radius 1 is 1.14 bits per heavy atom. The highest BCUT2D eigenvalue weighted by Crippen LogP contribution is 2.27. The number of hydrogen-bond donors (Lipinski definition) is 3. The molecule has 0 fully saturated rings. The Labute approximate surface area is 167 Å². The first-order valence-electron chi connectivity index (χ1n) is 9.01. The maximum atomic E-state index is 12.4. The minimum Gasteiger partial charge on any atom is -0.456 e. The summed E-state index contributed by atoms with van der Waals surface area (Å²) in [5, 5.41) is 12.4. The maximum absolute atomic E-state index is 12.4. The van der Waals surface area contributed by atoms with E-state index in [1.54, 1.807) is 17.6 Å². The molecule has 8 heteroatoms. The second-order valence-corrected chi connectivity index (χ2v) is 6.37. The third-order valence-corrected chi connectivity index (χ3v) is 4.31. The minimum absolute atomic E-state index is 0.0363. The van der Waals surface area contributed by atoms with E-state index in [2.05, 4.69) is 5.32 Å². The van der Waals surface area contributed by atoms with Crippen molar-refractivity contribution in [1.82, 2.24) is 10.8 Å². The topological polar surface area (TPSA) is 110 Å². The monoisotopic (exact) mass is 398 g/mol. The molecule has 29 heavy (non-hydrogen) atoms. The molecule has 0 saturated carbocycles. The number of para-hydroxylation sites is 1. The lowest BCUT2D eigenvalue weighted by molar-refractivity contribution is -0.135. The molecule has 152 valence electrons. The highest BCUT2D eigenvalue weighted by Gasteiger charge is 2.16. The van der Waals surface area contributed by atoms with Gasteiger partial charge in [-0.25, -0.2) is 5.48 Å². The van der Waals surface area contributed by atoms with Gasteiger partial charge >= 0.3 is 0 Å². The standard InChI is InChI=1S/C21H22N2O6/c1-27-13-28-17(11-20(24)23-26)12-22-21(25)15-8-6-14(7-9-15)19-10-16-4-2-3-5-18(16)29-19/h2-10,17,26H,11-13H2,1H3,(H,22,25)(H,23,24)/t17-/m1/s1. The molecule has 1 atom stereocenters. The average molecular weight is 398 g/mol. The summed E-state index contributed by atoms with van der Waals surface area (Å²) in [4.78, 5) is 23.7. The predicted molar refractivity (Wildman–Crippen MR) is 105 cm³/mol. The van der Waals surface area contributed by atoms with E-state index in [1.807, 2.05) is 42.5 Å². The third-order valence-electron chi connectivity index (χ3n) is 4.31. The van der Waals surface area contributed by atoms with E-state index >= 15 is 0 Å². The lowest BCUT2D eigenvalue weighted by atomic mass is 10.1. The summed E-state index contributed by atoms with van der Waals surface area (Å²) >= 11 is 0. The molecule has 0 unspecified atom stereocenters. The molecule has 0 spiro atoms. The fourth-order valence-corrected chi connectivity index (χ4v) is 2.83. The zero-order chi connectivity index (χ0) is 20.6. The van der Waals surface area contributed by atoms with Crippen LogP contribution in [-0.4, -0.2) is 43.6 Å². The van der Waals surface area contributed by atoms with E-state index in [9.17, 15) is 9.59 Å².